The van der Waals surface area contributed by atoms with Crippen molar-refractivity contribution >= 4 is 0 Å². The van der Waals surface area contributed by atoms with Crippen LogP contribution in [0.3, 0.4) is 0 Å². The van der Waals surface area contributed by atoms with Crippen molar-refractivity contribution in [3.63, 3.8) is 0 Å². The maximum Gasteiger partial charge on any atom is 2.00 e. The summed E-state index contributed by atoms with van der Waals surface area (Å²) in [6, 6.07) is 0. The van der Waals surface area contributed by atoms with Gasteiger partial charge in [0.15, 0.2) is 0 Å². The fourth-order valence-electron chi connectivity index (χ4n) is 0. The molecule has 0 saturated heterocycles. The molecule has 0 rings (SSSR count). The van der Waals surface area contributed by atoms with Crippen LogP contribution in [0.4, 0.5) is 0 Å². The molecule has 0 saturated carbocycles. The maximum atomic E-state index is 0. The van der Waals surface area contributed by atoms with E-state index in [4.69, 9.17) is 0 Å². The monoisotopic (exact) mass is 8060 g/mol. The van der Waals surface area contributed by atoms with E-state index in [1.165, 1.54) is 0 Å². The molecule has 0 spiro atoms. The molecule has 0 aliphatic rings. The Morgan fingerprint density at radius 3 is 0.0408 bits per heavy atom. The number of rotatable bonds is 0. The van der Waals surface area contributed by atoms with Crippen molar-refractivity contribution in [3.05, 3.63) is 215 Å². The van der Waals surface area contributed by atoms with Gasteiger partial charge in [0.25, 0.3) is 0 Å². The van der Waals surface area contributed by atoms with E-state index in [0.29, 0.717) is 0 Å². The third kappa shape index (κ3) is 919. The van der Waals surface area contributed by atoms with Crippen LogP contribution >= 0.6 is 0 Å². The van der Waals surface area contributed by atoms with Crippen LogP contribution < -0.4 is 0 Å². The molecule has 511 valence electrons. The van der Waals surface area contributed by atoms with E-state index in [1.54, 1.807) is 0 Å². The molecule has 0 amide bonds. The quantitative estimate of drug-likeness (QED) is 0.212. The Kier molecular flexibility index (Phi) is 9100. The summed E-state index contributed by atoms with van der Waals surface area (Å²) in [5.41, 5.74) is 0. The van der Waals surface area contributed by atoms with Gasteiger partial charge >= 0.3 is 274 Å². The van der Waals surface area contributed by atoms with Crippen molar-refractivity contribution in [1.82, 2.24) is 0 Å². The Labute approximate surface area is 2230 Å². The van der Waals surface area contributed by atoms with Crippen molar-refractivity contribution in [2.75, 3.05) is 0 Å². The minimum atomic E-state index is 0. The van der Waals surface area contributed by atoms with Gasteiger partial charge in [-0.1, -0.05) is 0 Å². The Bertz CT molecular complexity index is 136. The molecule has 0 aromatic carbocycles. The topological polar surface area (TPSA) is 0 Å². The van der Waals surface area contributed by atoms with Crippen LogP contribution in [-0.4, -0.2) is 0 Å². The number of hydrogen-bond acceptors (Lipinski definition) is 0. The summed E-state index contributed by atoms with van der Waals surface area (Å²) in [6.07, 6.45) is 0. The van der Waals surface area contributed by atoms with Crippen molar-refractivity contribution in [2.24, 2.45) is 0 Å². The van der Waals surface area contributed by atoms with Gasteiger partial charge in [-0.15, -0.1) is 0 Å². The fraction of sp³-hybridized carbons (Fsp3) is 0. The van der Waals surface area contributed by atoms with Crippen molar-refractivity contribution in [3.8, 4) is 0 Å². The van der Waals surface area contributed by atoms with Gasteiger partial charge in [0, 0.05) is 1820 Å². The van der Waals surface area contributed by atoms with Gasteiger partial charge in [0.1, 0.15) is 0 Å². The minimum Gasteiger partial charge on any atom is -0.358 e. The van der Waals surface area contributed by atoms with E-state index in [2.05, 4.69) is 0 Å². The van der Waals surface area contributed by atoms with Crippen molar-refractivity contribution in [1.29, 1.82) is 0 Å². The normalized spacial score (nSPS) is 0. The van der Waals surface area contributed by atoms with Gasteiger partial charge in [-0.3, -0.25) is 0 Å². The standard InChI is InChI=1S/29CH3.14Pt.55Y/h29*1H3;;;;;;;;;;;;;;;;;;;;;;;;;;;;;;;;;;;;;;;;;;;;;;;;;;;;;;;;;;;;;;;;;;;;;/q29*-1;;13*+2;;;;;;;;;;;;;;;;;;;;;;;;;;;;;;;;;;;;;;;;;;;;;;;;;;;;;;;. The molecule has 0 nitrogen and oxygen atoms in total. The molecular weight excluding hydrogens is 7970 g/mol. The molecule has 0 heterocycles. The molecule has 0 N–H and O–H groups in total. The summed E-state index contributed by atoms with van der Waals surface area (Å²) in [5.74, 6) is 0. The molecule has 0 unspecified atom stereocenters. The molecule has 0 aliphatic carbocycles. The van der Waals surface area contributed by atoms with Crippen LogP contribution in [0.15, 0.2) is 0 Å². The predicted molar refractivity (Wildman–Crippen MR) is 186 cm³/mol. The van der Waals surface area contributed by atoms with E-state index < -0.39 is 0 Å². The van der Waals surface area contributed by atoms with Gasteiger partial charge in [0.2, 0.25) is 0 Å². The second-order valence-corrected chi connectivity index (χ2v) is 0. The second-order valence-electron chi connectivity index (χ2n) is 0. The minimum absolute atomic E-state index is 0. The molecule has 0 aliphatic heterocycles. The van der Waals surface area contributed by atoms with E-state index in [0.717, 1.165) is 0 Å². The van der Waals surface area contributed by atoms with Crippen LogP contribution in [0, 0.1) is 215 Å². The Hall–Kier alpha value is 70.4. The van der Waals surface area contributed by atoms with E-state index in [1.807, 2.05) is 0 Å². The van der Waals surface area contributed by atoms with Gasteiger partial charge in [-0.2, -0.15) is 0 Å². The van der Waals surface area contributed by atoms with E-state index >= 15 is 0 Å². The predicted octanol–water partition coefficient (Wildman–Crippen LogP) is 12.9. The fourth-order valence-corrected chi connectivity index (χ4v) is 0. The molecule has 0 aromatic heterocycles. The van der Waals surface area contributed by atoms with Crippen LogP contribution in [0.1, 0.15) is 0 Å². The Morgan fingerprint density at radius 2 is 0.0408 bits per heavy atom. The molecule has 0 atom stereocenters. The Balaban J connectivity index is 0. The SMILES string of the molecule is [CH3-].[CH3-].[CH3-].[CH3-].[CH3-].[CH3-].[CH3-].[CH3-].[CH3-].[CH3-].[CH3-].[CH3-].[CH3-].[CH3-].[CH3-].[CH3-].[CH3-].[CH3-].[CH3-].[CH3-].[CH3-].[CH3-].[CH3-].[CH3-].[CH3-].[CH3-].[CH3-].[CH3-].[CH3-].[Pt+2].[Pt+2].[Pt+2].[Pt+2].[Pt+2].[Pt+2].[Pt+2].[Pt+2].[Pt+2].[Pt+2].[Pt+2].[Pt+2].[Pt+2].[Pt].[Y].[Y].[Y].[Y].[Y].[Y].[Y].[Y].[Y].[Y].[Y].[Y].[Y].[Y].[Y].[Y].[Y].[Y].[Y].[Y].[Y].[Y].[Y].[Y].[Y].[Y].[Y].[Y].[Y].[Y].[Y].[Y].[Y].[Y].[Y].[Y].[Y].[Y].[Y].[Y].[Y].[Y].[Y].[Y].[Y].[Y].[Y].[Y].[Y].[Y].[Y].[Y].[Y].[Y].[Y]. The molecule has 69 heteroatoms. The van der Waals surface area contributed by atoms with Crippen LogP contribution in [-0.2, 0) is 2090 Å². The molecule has 0 bridgehead atoms. The zero-order valence-electron chi connectivity index (χ0n) is 65.2. The zero-order chi connectivity index (χ0) is 0. The average molecular weight is 8060 g/mol. The van der Waals surface area contributed by atoms with E-state index in [-0.39, 0.29) is 2310 Å². The maximum absolute atomic E-state index is 0. The molecule has 98 heavy (non-hydrogen) atoms. The summed E-state index contributed by atoms with van der Waals surface area (Å²) in [6.45, 7) is 0. The third-order valence-electron chi connectivity index (χ3n) is 0. The smallest absolute Gasteiger partial charge is 0.358 e. The van der Waals surface area contributed by atoms with Gasteiger partial charge < -0.3 is 215 Å². The first-order chi connectivity index (χ1) is 0. The summed E-state index contributed by atoms with van der Waals surface area (Å²) >= 11 is 0. The van der Waals surface area contributed by atoms with Crippen molar-refractivity contribution < 1.29 is 2090 Å². The summed E-state index contributed by atoms with van der Waals surface area (Å²) < 4.78 is 0. The largest absolute Gasteiger partial charge is 2.00 e. The third-order valence-corrected chi connectivity index (χ3v) is 0. The molecule has 0 aromatic rings. The first-order valence-corrected chi connectivity index (χ1v) is 0. The van der Waals surface area contributed by atoms with Crippen LogP contribution in [0.25, 0.3) is 0 Å². The average Bonchev–Trinajstić information content (AvgIpc) is 0. The second kappa shape index (κ2) is 936. The Morgan fingerprint density at radius 1 is 0.0408 bits per heavy atom. The molecule has 55 radical (unpaired) electrons. The van der Waals surface area contributed by atoms with Gasteiger partial charge in [0.05, 0.1) is 0 Å². The first-order valence-electron chi connectivity index (χ1n) is 0. The number of hydrogen-bond donors (Lipinski definition) is 0. The summed E-state index contributed by atoms with van der Waals surface area (Å²) in [7, 11) is 0. The van der Waals surface area contributed by atoms with Gasteiger partial charge in [-0.05, 0) is 0 Å². The summed E-state index contributed by atoms with van der Waals surface area (Å²) in [4.78, 5) is 0. The van der Waals surface area contributed by atoms with Gasteiger partial charge in [-0.25, -0.2) is 0 Å². The van der Waals surface area contributed by atoms with Crippen LogP contribution in [0.2, 0.25) is 0 Å². The molecule has 0 fully saturated rings. The molecular formula is C29H87Pt14Y55-3. The summed E-state index contributed by atoms with van der Waals surface area (Å²) in [5, 5.41) is 0. The zero-order valence-corrected chi connectivity index (χ0v) is 253. The van der Waals surface area contributed by atoms with E-state index in [9.17, 15) is 0 Å². The first kappa shape index (κ1) is 953. The van der Waals surface area contributed by atoms with Crippen LogP contribution in [0.5, 0.6) is 0 Å². The van der Waals surface area contributed by atoms with Crippen molar-refractivity contribution in [2.45, 2.75) is 0 Å².